The smallest absolute Gasteiger partial charge is 0.0939 e. The Morgan fingerprint density at radius 2 is 2.30 bits per heavy atom. The number of aliphatic hydroxyl groups is 1. The van der Waals surface area contributed by atoms with E-state index in [0.717, 1.165) is 37.9 Å². The SMILES string of the molecule is O[C@@]1(CNCCCc2nc3ccccc3s2)CCNC1. The minimum Gasteiger partial charge on any atom is -0.387 e. The molecule has 4 nitrogen and oxygen atoms in total. The van der Waals surface area contributed by atoms with E-state index in [9.17, 15) is 5.11 Å². The van der Waals surface area contributed by atoms with Crippen LogP contribution in [0.4, 0.5) is 0 Å². The van der Waals surface area contributed by atoms with Crippen LogP contribution < -0.4 is 10.6 Å². The number of β-amino-alcohol motifs (C(OH)–C–C–N with tert-alkyl or cyclic N) is 1. The molecule has 0 amide bonds. The van der Waals surface area contributed by atoms with Gasteiger partial charge >= 0.3 is 0 Å². The minimum absolute atomic E-state index is 0.546. The standard InChI is InChI=1S/C15H21N3OS/c19-15(7-9-17-11-15)10-16-8-3-6-14-18-12-4-1-2-5-13(12)20-14/h1-2,4-5,16-17,19H,3,6-11H2/t15-/m1/s1. The van der Waals surface area contributed by atoms with Gasteiger partial charge in [0, 0.05) is 19.5 Å². The van der Waals surface area contributed by atoms with E-state index in [-0.39, 0.29) is 0 Å². The number of aryl methyl sites for hydroxylation is 1. The number of nitrogens with one attached hydrogen (secondary N) is 2. The molecule has 1 fully saturated rings. The summed E-state index contributed by atoms with van der Waals surface area (Å²) in [6.45, 7) is 3.24. The first-order chi connectivity index (χ1) is 9.75. The topological polar surface area (TPSA) is 57.2 Å². The Balaban J connectivity index is 1.41. The zero-order valence-electron chi connectivity index (χ0n) is 11.6. The quantitative estimate of drug-likeness (QED) is 0.707. The number of thiazole rings is 1. The number of hydrogen-bond acceptors (Lipinski definition) is 5. The second kappa shape index (κ2) is 6.18. The van der Waals surface area contributed by atoms with Crippen molar-refractivity contribution < 1.29 is 5.11 Å². The third-order valence-corrected chi connectivity index (χ3v) is 4.85. The summed E-state index contributed by atoms with van der Waals surface area (Å²) in [4.78, 5) is 4.63. The Morgan fingerprint density at radius 1 is 1.40 bits per heavy atom. The lowest BCUT2D eigenvalue weighted by atomic mass is 10.0. The molecular weight excluding hydrogens is 270 g/mol. The van der Waals surface area contributed by atoms with Crippen molar-refractivity contribution in [3.8, 4) is 0 Å². The zero-order chi connectivity index (χ0) is 13.8. The van der Waals surface area contributed by atoms with E-state index >= 15 is 0 Å². The van der Waals surface area contributed by atoms with Crippen LogP contribution in [0.5, 0.6) is 0 Å². The molecular formula is C15H21N3OS. The monoisotopic (exact) mass is 291 g/mol. The number of aromatic nitrogens is 1. The lowest BCUT2D eigenvalue weighted by Gasteiger charge is -2.21. The third-order valence-electron chi connectivity index (χ3n) is 3.76. The average Bonchev–Trinajstić information content (AvgIpc) is 3.04. The molecule has 1 aliphatic heterocycles. The van der Waals surface area contributed by atoms with Crippen LogP contribution in [0.2, 0.25) is 0 Å². The molecule has 2 aromatic rings. The normalized spacial score (nSPS) is 22.6. The zero-order valence-corrected chi connectivity index (χ0v) is 12.4. The Kier molecular flexibility index (Phi) is 4.31. The van der Waals surface area contributed by atoms with Gasteiger partial charge in [0.1, 0.15) is 0 Å². The Hall–Kier alpha value is -1.01. The van der Waals surface area contributed by atoms with Crippen LogP contribution >= 0.6 is 11.3 Å². The van der Waals surface area contributed by atoms with Crippen LogP contribution in [0.25, 0.3) is 10.2 Å². The molecule has 0 spiro atoms. The lowest BCUT2D eigenvalue weighted by Crippen LogP contribution is -2.42. The molecule has 0 unspecified atom stereocenters. The molecule has 1 aromatic heterocycles. The van der Waals surface area contributed by atoms with E-state index in [1.165, 1.54) is 9.71 Å². The lowest BCUT2D eigenvalue weighted by molar-refractivity contribution is 0.0613. The van der Waals surface area contributed by atoms with E-state index in [1.807, 2.05) is 6.07 Å². The Morgan fingerprint density at radius 3 is 3.10 bits per heavy atom. The highest BCUT2D eigenvalue weighted by Crippen LogP contribution is 2.22. The second-order valence-corrected chi connectivity index (χ2v) is 6.62. The van der Waals surface area contributed by atoms with Gasteiger partial charge in [-0.05, 0) is 38.1 Å². The van der Waals surface area contributed by atoms with Gasteiger partial charge in [0.2, 0.25) is 0 Å². The van der Waals surface area contributed by atoms with Gasteiger partial charge in [-0.1, -0.05) is 12.1 Å². The molecule has 0 radical (unpaired) electrons. The average molecular weight is 291 g/mol. The van der Waals surface area contributed by atoms with E-state index in [4.69, 9.17) is 0 Å². The number of nitrogens with zero attached hydrogens (tertiary/aromatic N) is 1. The van der Waals surface area contributed by atoms with Gasteiger partial charge in [0.05, 0.1) is 20.8 Å². The van der Waals surface area contributed by atoms with Crippen molar-refractivity contribution in [2.45, 2.75) is 24.9 Å². The van der Waals surface area contributed by atoms with Crippen molar-refractivity contribution in [1.29, 1.82) is 0 Å². The van der Waals surface area contributed by atoms with Crippen molar-refractivity contribution >= 4 is 21.6 Å². The summed E-state index contributed by atoms with van der Waals surface area (Å²) >= 11 is 1.78. The molecule has 1 aromatic carbocycles. The largest absolute Gasteiger partial charge is 0.387 e. The van der Waals surface area contributed by atoms with Gasteiger partial charge in [0.15, 0.2) is 0 Å². The van der Waals surface area contributed by atoms with Crippen LogP contribution in [0.3, 0.4) is 0 Å². The summed E-state index contributed by atoms with van der Waals surface area (Å²) < 4.78 is 1.27. The van der Waals surface area contributed by atoms with Gasteiger partial charge in [-0.3, -0.25) is 0 Å². The van der Waals surface area contributed by atoms with Gasteiger partial charge in [-0.25, -0.2) is 4.98 Å². The van der Waals surface area contributed by atoms with Crippen LogP contribution in [0, 0.1) is 0 Å². The predicted octanol–water partition coefficient (Wildman–Crippen LogP) is 1.54. The fraction of sp³-hybridized carbons (Fsp3) is 0.533. The molecule has 1 saturated heterocycles. The maximum Gasteiger partial charge on any atom is 0.0939 e. The van der Waals surface area contributed by atoms with Crippen molar-refractivity contribution in [3.63, 3.8) is 0 Å². The van der Waals surface area contributed by atoms with E-state index < -0.39 is 5.60 Å². The van der Waals surface area contributed by atoms with E-state index in [2.05, 4.69) is 33.8 Å². The number of benzene rings is 1. The van der Waals surface area contributed by atoms with Crippen molar-refractivity contribution in [2.75, 3.05) is 26.2 Å². The number of rotatable bonds is 6. The van der Waals surface area contributed by atoms with Crippen molar-refractivity contribution in [3.05, 3.63) is 29.3 Å². The van der Waals surface area contributed by atoms with Crippen molar-refractivity contribution in [2.24, 2.45) is 0 Å². The molecule has 0 aliphatic carbocycles. The number of para-hydroxylation sites is 1. The number of hydrogen-bond donors (Lipinski definition) is 3. The first kappa shape index (κ1) is 13.9. The Labute approximate surface area is 123 Å². The highest BCUT2D eigenvalue weighted by Gasteiger charge is 2.30. The molecule has 3 rings (SSSR count). The maximum absolute atomic E-state index is 10.2. The fourth-order valence-electron chi connectivity index (χ4n) is 2.59. The van der Waals surface area contributed by atoms with Gasteiger partial charge in [-0.15, -0.1) is 11.3 Å². The third kappa shape index (κ3) is 3.35. The van der Waals surface area contributed by atoms with Gasteiger partial charge in [-0.2, -0.15) is 0 Å². The predicted molar refractivity (Wildman–Crippen MR) is 83.2 cm³/mol. The summed E-state index contributed by atoms with van der Waals surface area (Å²) in [5, 5.41) is 17.9. The molecule has 1 aliphatic rings. The van der Waals surface area contributed by atoms with Crippen LogP contribution in [0.15, 0.2) is 24.3 Å². The summed E-state index contributed by atoms with van der Waals surface area (Å²) in [5.41, 5.74) is 0.558. The van der Waals surface area contributed by atoms with Crippen LogP contribution in [0.1, 0.15) is 17.8 Å². The first-order valence-electron chi connectivity index (χ1n) is 7.23. The molecule has 0 bridgehead atoms. The molecule has 1 atom stereocenters. The number of fused-ring (bicyclic) bond motifs is 1. The highest BCUT2D eigenvalue weighted by molar-refractivity contribution is 7.18. The fourth-order valence-corrected chi connectivity index (χ4v) is 3.60. The first-order valence-corrected chi connectivity index (χ1v) is 8.05. The van der Waals surface area contributed by atoms with E-state index in [1.54, 1.807) is 11.3 Å². The summed E-state index contributed by atoms with van der Waals surface area (Å²) in [6.07, 6.45) is 2.91. The van der Waals surface area contributed by atoms with E-state index in [0.29, 0.717) is 13.1 Å². The Bertz CT molecular complexity index is 530. The second-order valence-electron chi connectivity index (χ2n) is 5.51. The van der Waals surface area contributed by atoms with Crippen LogP contribution in [-0.2, 0) is 6.42 Å². The maximum atomic E-state index is 10.2. The molecule has 20 heavy (non-hydrogen) atoms. The molecule has 2 heterocycles. The van der Waals surface area contributed by atoms with Gasteiger partial charge < -0.3 is 15.7 Å². The van der Waals surface area contributed by atoms with Gasteiger partial charge in [0.25, 0.3) is 0 Å². The highest BCUT2D eigenvalue weighted by atomic mass is 32.1. The summed E-state index contributed by atoms with van der Waals surface area (Å²) in [7, 11) is 0. The molecule has 3 N–H and O–H groups in total. The van der Waals surface area contributed by atoms with Crippen molar-refractivity contribution in [1.82, 2.24) is 15.6 Å². The molecule has 0 saturated carbocycles. The summed E-state index contributed by atoms with van der Waals surface area (Å²) in [6, 6.07) is 8.28. The summed E-state index contributed by atoms with van der Waals surface area (Å²) in [5.74, 6) is 0. The minimum atomic E-state index is -0.546. The van der Waals surface area contributed by atoms with Crippen LogP contribution in [-0.4, -0.2) is 41.9 Å². The molecule has 5 heteroatoms. The molecule has 108 valence electrons.